The van der Waals surface area contributed by atoms with Gasteiger partial charge in [-0.3, -0.25) is 0 Å². The van der Waals surface area contributed by atoms with E-state index >= 15 is 0 Å². The summed E-state index contributed by atoms with van der Waals surface area (Å²) in [6, 6.07) is 48.0. The van der Waals surface area contributed by atoms with Gasteiger partial charge in [-0.1, -0.05) is 47.9 Å². The van der Waals surface area contributed by atoms with Crippen molar-refractivity contribution in [2.24, 2.45) is 0 Å². The minimum atomic E-state index is 0. The molecule has 1 radical (unpaired) electrons. The minimum absolute atomic E-state index is 0. The average Bonchev–Trinajstić information content (AvgIpc) is 3.85. The van der Waals surface area contributed by atoms with Crippen LogP contribution in [0.15, 0.2) is 151 Å². The Morgan fingerprint density at radius 1 is 0.694 bits per heavy atom. The fourth-order valence-electron chi connectivity index (χ4n) is 5.76. The van der Waals surface area contributed by atoms with Gasteiger partial charge in [0, 0.05) is 56.7 Å². The van der Waals surface area contributed by atoms with Crippen LogP contribution < -0.4 is 9.80 Å². The smallest absolute Gasteiger partial charge is 0.116 e. The molecule has 0 bridgehead atoms. The maximum atomic E-state index is 6.05. The Balaban J connectivity index is 0.000000130. The van der Waals surface area contributed by atoms with Gasteiger partial charge >= 0.3 is 0 Å². The Morgan fingerprint density at radius 2 is 1.45 bits per heavy atom. The van der Waals surface area contributed by atoms with Crippen molar-refractivity contribution in [2.45, 2.75) is 13.1 Å². The second kappa shape index (κ2) is 15.2. The molecule has 0 saturated heterocycles. The molecule has 9 rings (SSSR count). The van der Waals surface area contributed by atoms with Gasteiger partial charge in [0.25, 0.3) is 0 Å². The molecule has 1 unspecified atom stereocenters. The van der Waals surface area contributed by atoms with E-state index in [1.807, 2.05) is 133 Å². The van der Waals surface area contributed by atoms with Crippen LogP contribution in [0.1, 0.15) is 6.92 Å². The largest absolute Gasteiger partial charge is 0.513 e. The number of hydrogen-bond donors (Lipinski definition) is 0. The van der Waals surface area contributed by atoms with Crippen LogP contribution in [0.4, 0.5) is 11.4 Å². The van der Waals surface area contributed by atoms with Crippen LogP contribution in [0.25, 0.3) is 44.0 Å². The van der Waals surface area contributed by atoms with Gasteiger partial charge in [0.15, 0.2) is 0 Å². The monoisotopic (exact) mass is 818 g/mol. The van der Waals surface area contributed by atoms with Crippen LogP contribution >= 0.6 is 0 Å². The van der Waals surface area contributed by atoms with Gasteiger partial charge in [-0.15, -0.1) is 41.6 Å². The van der Waals surface area contributed by atoms with E-state index in [0.717, 1.165) is 44.6 Å². The second-order valence-electron chi connectivity index (χ2n) is 11.6. The Labute approximate surface area is 301 Å². The Hall–Kier alpha value is -5.36. The van der Waals surface area contributed by atoms with Gasteiger partial charge in [-0.2, -0.15) is 55.2 Å². The number of rotatable bonds is 3. The average molecular weight is 818 g/mol. The SMILES string of the molecule is CC1N(C)C=CN1c1[c-]ccc2c1oc1ccccc12.CN1C=CN(c2[c-]cccc2)[CH-]1.[Ir].[c-]1ccccc1-c1nccc2ccccc12. The molecule has 1 atom stereocenters. The first-order chi connectivity index (χ1) is 23.6. The van der Waals surface area contributed by atoms with Crippen molar-refractivity contribution in [2.75, 3.05) is 23.9 Å². The van der Waals surface area contributed by atoms with Gasteiger partial charge in [-0.25, -0.2) is 0 Å². The number of nitrogens with zero attached hydrogens (tertiary/aromatic N) is 5. The van der Waals surface area contributed by atoms with Crippen molar-refractivity contribution < 1.29 is 24.5 Å². The van der Waals surface area contributed by atoms with E-state index in [2.05, 4.69) is 83.6 Å². The van der Waals surface area contributed by atoms with Crippen LogP contribution in [0.2, 0.25) is 0 Å². The van der Waals surface area contributed by atoms with E-state index in [1.165, 1.54) is 10.8 Å². The van der Waals surface area contributed by atoms with Crippen molar-refractivity contribution in [1.82, 2.24) is 14.8 Å². The van der Waals surface area contributed by atoms with E-state index in [4.69, 9.17) is 4.42 Å². The van der Waals surface area contributed by atoms with Crippen molar-refractivity contribution in [3.63, 3.8) is 0 Å². The molecule has 0 amide bonds. The summed E-state index contributed by atoms with van der Waals surface area (Å²) in [5.74, 6) is 0. The van der Waals surface area contributed by atoms with Crippen LogP contribution in [0.5, 0.6) is 0 Å². The first kappa shape index (κ1) is 33.5. The first-order valence-corrected chi connectivity index (χ1v) is 15.9. The van der Waals surface area contributed by atoms with Crippen molar-refractivity contribution in [3.8, 4) is 11.3 Å². The second-order valence-corrected chi connectivity index (χ2v) is 11.6. The normalized spacial score (nSPS) is 14.9. The standard InChI is InChI=1S/C17H15N2O.C15H10N.C10H10N2.Ir/c1-12-18(2)10-11-19(12)15-8-5-7-14-13-6-3-4-9-16(13)20-17(14)15;1-2-7-13(8-3-1)15-14-9-5-4-6-12(14)10-11-16-15;1-11-7-8-12(9-11)10-5-3-2-4-6-10;/h3-7,9-12H,1-2H3;1-7,9-11H;2-5,7-9H,1H3;/q2*-1;-2;. The molecule has 2 aliphatic rings. The number of anilines is 2. The van der Waals surface area contributed by atoms with Crippen LogP contribution in [0.3, 0.4) is 0 Å². The molecule has 49 heavy (non-hydrogen) atoms. The number of hydrogen-bond acceptors (Lipinski definition) is 6. The number of fused-ring (bicyclic) bond motifs is 4. The maximum Gasteiger partial charge on any atom is 0.116 e. The summed E-state index contributed by atoms with van der Waals surface area (Å²) in [6.45, 7) is 4.17. The zero-order valence-electron chi connectivity index (χ0n) is 27.5. The topological polar surface area (TPSA) is 39.0 Å². The number of pyridine rings is 1. The van der Waals surface area contributed by atoms with Crippen LogP contribution in [0, 0.1) is 24.9 Å². The molecule has 0 N–H and O–H groups in total. The molecule has 5 aromatic carbocycles. The maximum absolute atomic E-state index is 6.05. The molecule has 4 heterocycles. The van der Waals surface area contributed by atoms with Crippen LogP contribution in [-0.2, 0) is 20.1 Å². The van der Waals surface area contributed by atoms with E-state index < -0.39 is 0 Å². The predicted octanol–water partition coefficient (Wildman–Crippen LogP) is 9.48. The molecule has 0 aliphatic carbocycles. The summed E-state index contributed by atoms with van der Waals surface area (Å²) in [4.78, 5) is 12.8. The molecule has 6 nitrogen and oxygen atoms in total. The molecule has 7 heteroatoms. The van der Waals surface area contributed by atoms with E-state index in [0.29, 0.717) is 0 Å². The first-order valence-electron chi connectivity index (χ1n) is 15.9. The third-order valence-corrected chi connectivity index (χ3v) is 8.41. The third-order valence-electron chi connectivity index (χ3n) is 8.41. The number of aromatic nitrogens is 1. The molecule has 2 aliphatic heterocycles. The van der Waals surface area contributed by atoms with E-state index in [1.54, 1.807) is 0 Å². The summed E-state index contributed by atoms with van der Waals surface area (Å²) >= 11 is 0. The predicted molar refractivity (Wildman–Crippen MR) is 196 cm³/mol. The summed E-state index contributed by atoms with van der Waals surface area (Å²) in [5, 5.41) is 4.68. The van der Waals surface area contributed by atoms with Gasteiger partial charge in [-0.05, 0) is 60.7 Å². The van der Waals surface area contributed by atoms with Gasteiger partial charge in [0.05, 0.1) is 0 Å². The summed E-state index contributed by atoms with van der Waals surface area (Å²) < 4.78 is 6.05. The van der Waals surface area contributed by atoms with Gasteiger partial charge in [0.2, 0.25) is 0 Å². The quantitative estimate of drug-likeness (QED) is 0.166. The van der Waals surface area contributed by atoms with Crippen molar-refractivity contribution in [3.05, 3.63) is 171 Å². The molecule has 2 aromatic heterocycles. The fraction of sp³-hybridized carbons (Fsp3) is 0.0952. The molecule has 0 spiro atoms. The molecule has 247 valence electrons. The van der Waals surface area contributed by atoms with Gasteiger partial charge in [0.1, 0.15) is 11.7 Å². The van der Waals surface area contributed by atoms with Crippen molar-refractivity contribution in [1.29, 1.82) is 0 Å². The Morgan fingerprint density at radius 3 is 2.16 bits per heavy atom. The van der Waals surface area contributed by atoms with Crippen LogP contribution in [-0.4, -0.2) is 35.0 Å². The number of furan rings is 1. The number of para-hydroxylation sites is 2. The third kappa shape index (κ3) is 7.24. The molecule has 7 aromatic rings. The number of benzene rings is 5. The molecular weight excluding hydrogens is 783 g/mol. The minimum Gasteiger partial charge on any atom is -0.513 e. The Kier molecular flexibility index (Phi) is 10.4. The summed E-state index contributed by atoms with van der Waals surface area (Å²) in [5.41, 5.74) is 5.93. The molecular formula is C42H35IrN5O-4. The zero-order chi connectivity index (χ0) is 32.9. The van der Waals surface area contributed by atoms with Crippen molar-refractivity contribution >= 4 is 44.1 Å². The van der Waals surface area contributed by atoms with E-state index in [-0.39, 0.29) is 26.3 Å². The molecule has 0 saturated carbocycles. The zero-order valence-corrected chi connectivity index (χ0v) is 29.9. The Bertz CT molecular complexity index is 2190. The summed E-state index contributed by atoms with van der Waals surface area (Å²) in [6.07, 6.45) is 10.3. The fourth-order valence-corrected chi connectivity index (χ4v) is 5.76. The molecule has 0 fully saturated rings. The summed E-state index contributed by atoms with van der Waals surface area (Å²) in [7, 11) is 4.07. The van der Waals surface area contributed by atoms with E-state index in [9.17, 15) is 0 Å². The van der Waals surface area contributed by atoms with Gasteiger partial charge < -0.3 is 29.0 Å².